The van der Waals surface area contributed by atoms with Gasteiger partial charge in [0.05, 0.1) is 20.3 Å². The molecular weight excluding hydrogens is 346 g/mol. The highest BCUT2D eigenvalue weighted by molar-refractivity contribution is 5.78. The van der Waals surface area contributed by atoms with Crippen molar-refractivity contribution in [3.05, 3.63) is 23.8 Å². The molecule has 2 saturated heterocycles. The lowest BCUT2D eigenvalue weighted by molar-refractivity contribution is -0.137. The third kappa shape index (κ3) is 5.57. The van der Waals surface area contributed by atoms with Crippen molar-refractivity contribution in [3.63, 3.8) is 0 Å². The van der Waals surface area contributed by atoms with Gasteiger partial charge in [0.15, 0.2) is 18.1 Å². The van der Waals surface area contributed by atoms with E-state index in [0.29, 0.717) is 37.8 Å². The maximum atomic E-state index is 12.3. The Balaban J connectivity index is 1.58. The van der Waals surface area contributed by atoms with Crippen LogP contribution in [-0.4, -0.2) is 80.9 Å². The van der Waals surface area contributed by atoms with Crippen LogP contribution >= 0.6 is 0 Å². The van der Waals surface area contributed by atoms with Crippen molar-refractivity contribution < 1.29 is 19.0 Å². The molecule has 0 aliphatic carbocycles. The minimum atomic E-state index is -0.0209. The Hall–Kier alpha value is -1.83. The van der Waals surface area contributed by atoms with Crippen molar-refractivity contribution in [3.8, 4) is 11.5 Å². The predicted octanol–water partition coefficient (Wildman–Crippen LogP) is 1.12. The smallest absolute Gasteiger partial charge is 0.260 e. The molecule has 0 spiro atoms. The molecule has 1 N–H and O–H groups in total. The molecule has 1 amide bonds. The van der Waals surface area contributed by atoms with Crippen molar-refractivity contribution in [2.24, 2.45) is 0 Å². The standard InChI is InChI=1S/C20H31N3O4/c1-20(2)15-22(7-6-21-20)13-16-4-5-17(18(12-16)25-3)27-14-19(24)23-8-10-26-11-9-23/h4-5,12,21H,6-11,13-15H2,1-3H3. The normalized spacial score (nSPS) is 20.3. The number of amides is 1. The second-order valence-corrected chi connectivity index (χ2v) is 7.79. The summed E-state index contributed by atoms with van der Waals surface area (Å²) in [6.07, 6.45) is 0. The van der Waals surface area contributed by atoms with Crippen LogP contribution in [0.4, 0.5) is 0 Å². The molecule has 0 bridgehead atoms. The van der Waals surface area contributed by atoms with E-state index in [1.165, 1.54) is 5.56 Å². The minimum absolute atomic E-state index is 0.0156. The fraction of sp³-hybridized carbons (Fsp3) is 0.650. The van der Waals surface area contributed by atoms with Crippen molar-refractivity contribution >= 4 is 5.91 Å². The fourth-order valence-electron chi connectivity index (χ4n) is 3.61. The van der Waals surface area contributed by atoms with Gasteiger partial charge in [0.2, 0.25) is 0 Å². The molecule has 0 aromatic heterocycles. The zero-order valence-corrected chi connectivity index (χ0v) is 16.6. The molecule has 150 valence electrons. The highest BCUT2D eigenvalue weighted by atomic mass is 16.5. The average Bonchev–Trinajstić information content (AvgIpc) is 2.66. The van der Waals surface area contributed by atoms with Crippen LogP contribution in [0.1, 0.15) is 19.4 Å². The van der Waals surface area contributed by atoms with Gasteiger partial charge in [-0.1, -0.05) is 6.07 Å². The van der Waals surface area contributed by atoms with E-state index >= 15 is 0 Å². The zero-order chi connectivity index (χ0) is 19.3. The molecule has 27 heavy (non-hydrogen) atoms. The summed E-state index contributed by atoms with van der Waals surface area (Å²) in [4.78, 5) is 16.5. The first-order chi connectivity index (χ1) is 13.0. The maximum Gasteiger partial charge on any atom is 0.260 e. The molecule has 7 nitrogen and oxygen atoms in total. The van der Waals surface area contributed by atoms with Crippen molar-refractivity contribution in [2.45, 2.75) is 25.9 Å². The van der Waals surface area contributed by atoms with Gasteiger partial charge in [0.25, 0.3) is 5.91 Å². The van der Waals surface area contributed by atoms with Gasteiger partial charge in [-0.3, -0.25) is 9.69 Å². The zero-order valence-electron chi connectivity index (χ0n) is 16.6. The van der Waals surface area contributed by atoms with E-state index in [1.807, 2.05) is 18.2 Å². The van der Waals surface area contributed by atoms with E-state index in [2.05, 4.69) is 24.1 Å². The Morgan fingerprint density at radius 2 is 2.00 bits per heavy atom. The van der Waals surface area contributed by atoms with Gasteiger partial charge in [-0.2, -0.15) is 0 Å². The summed E-state index contributed by atoms with van der Waals surface area (Å²) in [6.45, 7) is 10.8. The molecule has 2 aliphatic rings. The monoisotopic (exact) mass is 377 g/mol. The second-order valence-electron chi connectivity index (χ2n) is 7.79. The third-order valence-corrected chi connectivity index (χ3v) is 5.00. The third-order valence-electron chi connectivity index (χ3n) is 5.00. The number of ether oxygens (including phenoxy) is 3. The number of hydrogen-bond donors (Lipinski definition) is 1. The Labute approximate surface area is 161 Å². The lowest BCUT2D eigenvalue weighted by Crippen LogP contribution is -2.56. The summed E-state index contributed by atoms with van der Waals surface area (Å²) in [5, 5.41) is 3.53. The van der Waals surface area contributed by atoms with E-state index in [1.54, 1.807) is 12.0 Å². The second kappa shape index (κ2) is 8.91. The molecule has 1 aromatic carbocycles. The number of nitrogens with zero attached hydrogens (tertiary/aromatic N) is 2. The molecule has 3 rings (SSSR count). The predicted molar refractivity (Wildman–Crippen MR) is 103 cm³/mol. The van der Waals surface area contributed by atoms with Crippen molar-refractivity contribution in [1.82, 2.24) is 15.1 Å². The summed E-state index contributed by atoms with van der Waals surface area (Å²) in [7, 11) is 1.63. The van der Waals surface area contributed by atoms with Crippen LogP contribution in [0.2, 0.25) is 0 Å². The molecule has 2 fully saturated rings. The molecule has 7 heteroatoms. The number of carbonyl (C=O) groups is 1. The van der Waals surface area contributed by atoms with Gasteiger partial charge in [-0.05, 0) is 31.5 Å². The van der Waals surface area contributed by atoms with Crippen LogP contribution in [0.15, 0.2) is 18.2 Å². The van der Waals surface area contributed by atoms with E-state index in [4.69, 9.17) is 14.2 Å². The van der Waals surface area contributed by atoms with Gasteiger partial charge < -0.3 is 24.4 Å². The molecule has 2 heterocycles. The lowest BCUT2D eigenvalue weighted by atomic mass is 10.0. The fourth-order valence-corrected chi connectivity index (χ4v) is 3.61. The first kappa shape index (κ1) is 19.9. The van der Waals surface area contributed by atoms with E-state index in [0.717, 1.165) is 26.2 Å². The van der Waals surface area contributed by atoms with Gasteiger partial charge in [-0.25, -0.2) is 0 Å². The average molecular weight is 377 g/mol. The molecule has 0 saturated carbocycles. The minimum Gasteiger partial charge on any atom is -0.493 e. The molecule has 2 aliphatic heterocycles. The Bertz CT molecular complexity index is 644. The van der Waals surface area contributed by atoms with E-state index in [9.17, 15) is 4.79 Å². The van der Waals surface area contributed by atoms with Crippen LogP contribution < -0.4 is 14.8 Å². The molecule has 0 radical (unpaired) electrons. The number of benzene rings is 1. The lowest BCUT2D eigenvalue weighted by Gasteiger charge is -2.39. The Kier molecular flexibility index (Phi) is 6.57. The van der Waals surface area contributed by atoms with Gasteiger partial charge >= 0.3 is 0 Å². The maximum absolute atomic E-state index is 12.3. The first-order valence-electron chi connectivity index (χ1n) is 9.59. The summed E-state index contributed by atoms with van der Waals surface area (Å²) < 4.78 is 16.5. The highest BCUT2D eigenvalue weighted by Crippen LogP contribution is 2.29. The first-order valence-corrected chi connectivity index (χ1v) is 9.59. The van der Waals surface area contributed by atoms with Crippen LogP contribution in [0.3, 0.4) is 0 Å². The topological polar surface area (TPSA) is 63.3 Å². The summed E-state index contributed by atoms with van der Waals surface area (Å²) >= 11 is 0. The number of morpholine rings is 1. The number of rotatable bonds is 6. The molecule has 0 unspecified atom stereocenters. The van der Waals surface area contributed by atoms with Crippen molar-refractivity contribution in [1.29, 1.82) is 0 Å². The van der Waals surface area contributed by atoms with Crippen molar-refractivity contribution in [2.75, 3.05) is 59.7 Å². The van der Waals surface area contributed by atoms with Crippen LogP contribution in [0, 0.1) is 0 Å². The van der Waals surface area contributed by atoms with Gasteiger partial charge in [0, 0.05) is 44.8 Å². The van der Waals surface area contributed by atoms with Crippen LogP contribution in [0.5, 0.6) is 11.5 Å². The van der Waals surface area contributed by atoms with Crippen LogP contribution in [-0.2, 0) is 16.1 Å². The Morgan fingerprint density at radius 1 is 1.22 bits per heavy atom. The summed E-state index contributed by atoms with van der Waals surface area (Å²) in [5.74, 6) is 1.24. The number of hydrogen-bond acceptors (Lipinski definition) is 6. The molecule has 1 aromatic rings. The number of methoxy groups -OCH3 is 1. The number of piperazine rings is 1. The highest BCUT2D eigenvalue weighted by Gasteiger charge is 2.25. The molecular formula is C20H31N3O4. The Morgan fingerprint density at radius 3 is 2.70 bits per heavy atom. The number of nitrogens with one attached hydrogen (secondary N) is 1. The molecule has 0 atom stereocenters. The van der Waals surface area contributed by atoms with Crippen LogP contribution in [0.25, 0.3) is 0 Å². The largest absolute Gasteiger partial charge is 0.493 e. The number of carbonyl (C=O) groups excluding carboxylic acids is 1. The van der Waals surface area contributed by atoms with E-state index in [-0.39, 0.29) is 18.1 Å². The SMILES string of the molecule is COc1cc(CN2CCNC(C)(C)C2)ccc1OCC(=O)N1CCOCC1. The van der Waals surface area contributed by atoms with E-state index < -0.39 is 0 Å². The summed E-state index contributed by atoms with van der Waals surface area (Å²) in [5.41, 5.74) is 1.31. The summed E-state index contributed by atoms with van der Waals surface area (Å²) in [6, 6.07) is 5.95. The van der Waals surface area contributed by atoms with Gasteiger partial charge in [0.1, 0.15) is 0 Å². The van der Waals surface area contributed by atoms with Gasteiger partial charge in [-0.15, -0.1) is 0 Å². The quantitative estimate of drug-likeness (QED) is 0.802.